The van der Waals surface area contributed by atoms with Gasteiger partial charge in [-0.3, -0.25) is 4.79 Å². The molecule has 0 aromatic heterocycles. The molecule has 3 nitrogen and oxygen atoms in total. The summed E-state index contributed by atoms with van der Waals surface area (Å²) in [6.07, 6.45) is 1.90. The van der Waals surface area contributed by atoms with E-state index in [4.69, 9.17) is 4.74 Å². The van der Waals surface area contributed by atoms with Gasteiger partial charge >= 0.3 is 0 Å². The highest BCUT2D eigenvalue weighted by Crippen LogP contribution is 2.10. The summed E-state index contributed by atoms with van der Waals surface area (Å²) in [5, 5.41) is 2.87. The van der Waals surface area contributed by atoms with Crippen LogP contribution in [-0.2, 0) is 11.2 Å². The molecule has 0 unspecified atom stereocenters. The summed E-state index contributed by atoms with van der Waals surface area (Å²) in [7, 11) is 0. The Morgan fingerprint density at radius 3 is 2.48 bits per heavy atom. The molecular weight excluding hydrogens is 262 g/mol. The van der Waals surface area contributed by atoms with Crippen LogP contribution in [0.25, 0.3) is 0 Å². The molecular formula is C18H21NO2. The van der Waals surface area contributed by atoms with Crippen LogP contribution in [0.4, 0.5) is 0 Å². The molecule has 2 rings (SSSR count). The molecule has 2 aromatic rings. The van der Waals surface area contributed by atoms with Crippen molar-refractivity contribution in [3.8, 4) is 5.75 Å². The Kier molecular flexibility index (Phi) is 5.83. The summed E-state index contributed by atoms with van der Waals surface area (Å²) in [6, 6.07) is 17.9. The van der Waals surface area contributed by atoms with Gasteiger partial charge < -0.3 is 10.1 Å². The van der Waals surface area contributed by atoms with Gasteiger partial charge in [0.05, 0.1) is 0 Å². The van der Waals surface area contributed by atoms with E-state index in [1.807, 2.05) is 49.4 Å². The maximum Gasteiger partial charge on any atom is 0.257 e. The molecule has 0 saturated carbocycles. The minimum Gasteiger partial charge on any atom is -0.484 e. The van der Waals surface area contributed by atoms with Crippen molar-refractivity contribution < 1.29 is 9.53 Å². The molecule has 0 bridgehead atoms. The van der Waals surface area contributed by atoms with Crippen LogP contribution in [0.1, 0.15) is 17.5 Å². The minimum absolute atomic E-state index is 0.0639. The highest BCUT2D eigenvalue weighted by molar-refractivity contribution is 5.77. The van der Waals surface area contributed by atoms with Gasteiger partial charge in [-0.05, 0) is 37.5 Å². The number of hydrogen-bond acceptors (Lipinski definition) is 2. The molecule has 0 radical (unpaired) electrons. The zero-order valence-electron chi connectivity index (χ0n) is 12.3. The van der Waals surface area contributed by atoms with E-state index >= 15 is 0 Å². The zero-order chi connectivity index (χ0) is 14.9. The molecule has 0 atom stereocenters. The molecule has 3 heteroatoms. The lowest BCUT2D eigenvalue weighted by Crippen LogP contribution is -2.29. The summed E-state index contributed by atoms with van der Waals surface area (Å²) in [6.45, 7) is 2.75. The Labute approximate surface area is 126 Å². The first-order chi connectivity index (χ1) is 10.2. The van der Waals surface area contributed by atoms with Gasteiger partial charge in [0.2, 0.25) is 0 Å². The minimum atomic E-state index is -0.0800. The summed E-state index contributed by atoms with van der Waals surface area (Å²) in [5.41, 5.74) is 2.47. The van der Waals surface area contributed by atoms with E-state index in [2.05, 4.69) is 17.4 Å². The van der Waals surface area contributed by atoms with Crippen LogP contribution < -0.4 is 10.1 Å². The maximum atomic E-state index is 11.7. The topological polar surface area (TPSA) is 38.3 Å². The lowest BCUT2D eigenvalue weighted by atomic mass is 10.1. The van der Waals surface area contributed by atoms with E-state index < -0.39 is 0 Å². The van der Waals surface area contributed by atoms with Crippen molar-refractivity contribution in [2.45, 2.75) is 19.8 Å². The van der Waals surface area contributed by atoms with Crippen molar-refractivity contribution in [3.63, 3.8) is 0 Å². The molecule has 0 aliphatic heterocycles. The van der Waals surface area contributed by atoms with Gasteiger partial charge in [0.25, 0.3) is 5.91 Å². The second kappa shape index (κ2) is 8.10. The van der Waals surface area contributed by atoms with Crippen molar-refractivity contribution in [1.29, 1.82) is 0 Å². The fraction of sp³-hybridized carbons (Fsp3) is 0.278. The van der Waals surface area contributed by atoms with Crippen LogP contribution in [0.5, 0.6) is 5.75 Å². The van der Waals surface area contributed by atoms with Crippen molar-refractivity contribution in [2.24, 2.45) is 0 Å². The largest absolute Gasteiger partial charge is 0.484 e. The third kappa shape index (κ3) is 5.69. The van der Waals surface area contributed by atoms with Crippen LogP contribution in [0.15, 0.2) is 54.6 Å². The van der Waals surface area contributed by atoms with Gasteiger partial charge in [-0.2, -0.15) is 0 Å². The molecule has 2 aromatic carbocycles. The van der Waals surface area contributed by atoms with E-state index in [1.165, 1.54) is 11.1 Å². The smallest absolute Gasteiger partial charge is 0.257 e. The first-order valence-corrected chi connectivity index (χ1v) is 7.24. The van der Waals surface area contributed by atoms with Crippen molar-refractivity contribution >= 4 is 5.91 Å². The number of carbonyl (C=O) groups is 1. The number of nitrogens with one attached hydrogen (secondary N) is 1. The van der Waals surface area contributed by atoms with Crippen molar-refractivity contribution in [1.82, 2.24) is 5.32 Å². The van der Waals surface area contributed by atoms with Crippen molar-refractivity contribution in [3.05, 3.63) is 65.7 Å². The predicted octanol–water partition coefficient (Wildman–Crippen LogP) is 3.12. The molecule has 21 heavy (non-hydrogen) atoms. The molecule has 0 aliphatic carbocycles. The molecule has 0 spiro atoms. The number of aryl methyl sites for hydroxylation is 2. The van der Waals surface area contributed by atoms with Gasteiger partial charge in [0.1, 0.15) is 5.75 Å². The first kappa shape index (κ1) is 15.1. The molecule has 0 heterocycles. The van der Waals surface area contributed by atoms with E-state index in [0.29, 0.717) is 6.54 Å². The lowest BCUT2D eigenvalue weighted by molar-refractivity contribution is -0.123. The third-order valence-electron chi connectivity index (χ3n) is 3.20. The first-order valence-electron chi connectivity index (χ1n) is 7.24. The van der Waals surface area contributed by atoms with E-state index in [0.717, 1.165) is 18.6 Å². The second-order valence-corrected chi connectivity index (χ2v) is 5.04. The van der Waals surface area contributed by atoms with Gasteiger partial charge in [-0.1, -0.05) is 48.0 Å². The standard InChI is InChI=1S/C18H21NO2/c1-15-9-11-17(12-10-15)21-14-18(20)19-13-5-8-16-6-3-2-4-7-16/h2-4,6-7,9-12H,5,8,13-14H2,1H3,(H,19,20). The molecule has 1 amide bonds. The third-order valence-corrected chi connectivity index (χ3v) is 3.20. The molecule has 0 aliphatic rings. The summed E-state index contributed by atoms with van der Waals surface area (Å²) < 4.78 is 5.43. The van der Waals surface area contributed by atoms with Crippen molar-refractivity contribution in [2.75, 3.05) is 13.2 Å². The van der Waals surface area contributed by atoms with Gasteiger partial charge in [0.15, 0.2) is 6.61 Å². The van der Waals surface area contributed by atoms with Gasteiger partial charge in [-0.15, -0.1) is 0 Å². The molecule has 1 N–H and O–H groups in total. The fourth-order valence-electron chi connectivity index (χ4n) is 2.00. The number of hydrogen-bond donors (Lipinski definition) is 1. The Morgan fingerprint density at radius 1 is 1.05 bits per heavy atom. The van der Waals surface area contributed by atoms with Crippen LogP contribution >= 0.6 is 0 Å². The quantitative estimate of drug-likeness (QED) is 0.793. The van der Waals surface area contributed by atoms with Gasteiger partial charge in [-0.25, -0.2) is 0 Å². The summed E-state index contributed by atoms with van der Waals surface area (Å²) in [4.78, 5) is 11.7. The summed E-state index contributed by atoms with van der Waals surface area (Å²) in [5.74, 6) is 0.642. The van der Waals surface area contributed by atoms with Crippen LogP contribution in [0.3, 0.4) is 0 Å². The molecule has 0 fully saturated rings. The van der Waals surface area contributed by atoms with Crippen LogP contribution in [-0.4, -0.2) is 19.1 Å². The van der Waals surface area contributed by atoms with Crippen LogP contribution in [0.2, 0.25) is 0 Å². The number of ether oxygens (including phenoxy) is 1. The van der Waals surface area contributed by atoms with E-state index in [1.54, 1.807) is 0 Å². The summed E-state index contributed by atoms with van der Waals surface area (Å²) >= 11 is 0. The number of benzene rings is 2. The maximum absolute atomic E-state index is 11.7. The number of amides is 1. The second-order valence-electron chi connectivity index (χ2n) is 5.04. The van der Waals surface area contributed by atoms with Gasteiger partial charge in [0, 0.05) is 6.54 Å². The SMILES string of the molecule is Cc1ccc(OCC(=O)NCCCc2ccccc2)cc1. The molecule has 110 valence electrons. The fourth-order valence-corrected chi connectivity index (χ4v) is 2.00. The Hall–Kier alpha value is -2.29. The highest BCUT2D eigenvalue weighted by Gasteiger charge is 2.02. The molecule has 0 saturated heterocycles. The van der Waals surface area contributed by atoms with E-state index in [9.17, 15) is 4.79 Å². The predicted molar refractivity (Wildman–Crippen MR) is 84.4 cm³/mol. The monoisotopic (exact) mass is 283 g/mol. The number of rotatable bonds is 7. The Morgan fingerprint density at radius 2 is 1.76 bits per heavy atom. The highest BCUT2D eigenvalue weighted by atomic mass is 16.5. The lowest BCUT2D eigenvalue weighted by Gasteiger charge is -2.07. The zero-order valence-corrected chi connectivity index (χ0v) is 12.3. The Bertz CT molecular complexity index is 549. The van der Waals surface area contributed by atoms with E-state index in [-0.39, 0.29) is 12.5 Å². The number of carbonyl (C=O) groups excluding carboxylic acids is 1. The normalized spacial score (nSPS) is 10.1. The Balaban J connectivity index is 1.60. The average molecular weight is 283 g/mol. The van der Waals surface area contributed by atoms with Crippen LogP contribution in [0, 0.1) is 6.92 Å². The average Bonchev–Trinajstić information content (AvgIpc) is 2.52.